The van der Waals surface area contributed by atoms with E-state index in [1.54, 1.807) is 12.1 Å². The first kappa shape index (κ1) is 17.1. The number of nitro groups is 1. The number of nitro benzene ring substituents is 1. The summed E-state index contributed by atoms with van der Waals surface area (Å²) in [5.41, 5.74) is 2.55. The summed E-state index contributed by atoms with van der Waals surface area (Å²) in [6.07, 6.45) is 5.24. The Morgan fingerprint density at radius 2 is 1.95 bits per heavy atom. The summed E-state index contributed by atoms with van der Waals surface area (Å²) in [6.45, 7) is 7.51. The van der Waals surface area contributed by atoms with E-state index in [1.165, 1.54) is 5.56 Å². The van der Waals surface area contributed by atoms with Crippen LogP contribution in [0.5, 0.6) is 0 Å². The first-order chi connectivity index (χ1) is 9.06. The molecule has 20 heavy (non-hydrogen) atoms. The van der Waals surface area contributed by atoms with Crippen LogP contribution in [-0.4, -0.2) is 27.8 Å². The molecule has 1 aromatic carbocycles. The molecule has 0 radical (unpaired) electrons. The van der Waals surface area contributed by atoms with Gasteiger partial charge in [0.25, 0.3) is 5.69 Å². The molecule has 2 rings (SSSR count). The lowest BCUT2D eigenvalue weighted by atomic mass is 9.81. The Balaban J connectivity index is 0.00000200. The van der Waals surface area contributed by atoms with E-state index in [-0.39, 0.29) is 40.1 Å². The Morgan fingerprint density at radius 1 is 1.30 bits per heavy atom. The zero-order valence-corrected chi connectivity index (χ0v) is 14.4. The van der Waals surface area contributed by atoms with Gasteiger partial charge < -0.3 is 24.0 Å². The summed E-state index contributed by atoms with van der Waals surface area (Å²) in [5.74, 6) is 0. The summed E-state index contributed by atoms with van der Waals surface area (Å²) >= 11 is 0. The van der Waals surface area contributed by atoms with E-state index in [0.717, 1.165) is 31.4 Å². The SMILES string of the molecule is CC[N+]1=Cc2cc([N+](=O)[O-])ccc2CC1(CC)CC.[I-]. The topological polar surface area (TPSA) is 46.1 Å². The largest absolute Gasteiger partial charge is 1.00 e. The lowest BCUT2D eigenvalue weighted by molar-refractivity contribution is -0.605. The van der Waals surface area contributed by atoms with Crippen LogP contribution in [0.1, 0.15) is 44.7 Å². The van der Waals surface area contributed by atoms with Crippen LogP contribution in [-0.2, 0) is 6.42 Å². The molecule has 0 bridgehead atoms. The zero-order valence-electron chi connectivity index (χ0n) is 12.2. The maximum Gasteiger partial charge on any atom is 0.270 e. The molecule has 1 aromatic rings. The number of benzene rings is 1. The van der Waals surface area contributed by atoms with Crippen LogP contribution in [0, 0.1) is 10.1 Å². The number of fused-ring (bicyclic) bond motifs is 1. The van der Waals surface area contributed by atoms with E-state index in [2.05, 4.69) is 31.6 Å². The number of non-ortho nitro benzene ring substituents is 1. The molecule has 0 saturated heterocycles. The fourth-order valence-electron chi connectivity index (χ4n) is 3.07. The standard InChI is InChI=1S/C15H21N2O2.HI/c1-4-15(5-2)10-12-7-8-14(17(18)19)9-13(12)11-16(15)6-3;/h7-9,11H,4-6,10H2,1-3H3;1H/q+1;/p-1. The minimum Gasteiger partial charge on any atom is -1.00 e. The van der Waals surface area contributed by atoms with Crippen LogP contribution in [0.3, 0.4) is 0 Å². The molecule has 0 aliphatic carbocycles. The van der Waals surface area contributed by atoms with Gasteiger partial charge in [0, 0.05) is 37.0 Å². The molecule has 1 heterocycles. The summed E-state index contributed by atoms with van der Waals surface area (Å²) in [4.78, 5) is 10.5. The third-order valence-electron chi connectivity index (χ3n) is 4.42. The van der Waals surface area contributed by atoms with Crippen LogP contribution in [0.2, 0.25) is 0 Å². The van der Waals surface area contributed by atoms with Gasteiger partial charge >= 0.3 is 0 Å². The second kappa shape index (κ2) is 6.65. The van der Waals surface area contributed by atoms with Crippen molar-refractivity contribution in [3.05, 3.63) is 39.4 Å². The summed E-state index contributed by atoms with van der Waals surface area (Å²) < 4.78 is 2.35. The van der Waals surface area contributed by atoms with Crippen LogP contribution in [0.4, 0.5) is 5.69 Å². The molecule has 0 aromatic heterocycles. The maximum atomic E-state index is 10.9. The predicted octanol–water partition coefficient (Wildman–Crippen LogP) is 0.165. The van der Waals surface area contributed by atoms with Crippen molar-refractivity contribution in [2.45, 2.75) is 45.6 Å². The van der Waals surface area contributed by atoms with Crippen molar-refractivity contribution >= 4 is 11.9 Å². The number of nitrogens with zero attached hydrogens (tertiary/aromatic N) is 2. The Hall–Kier alpha value is -0.980. The Morgan fingerprint density at radius 3 is 2.45 bits per heavy atom. The molecule has 0 amide bonds. The zero-order chi connectivity index (χ0) is 14.0. The summed E-state index contributed by atoms with van der Waals surface area (Å²) in [5, 5.41) is 10.9. The van der Waals surface area contributed by atoms with E-state index in [4.69, 9.17) is 0 Å². The van der Waals surface area contributed by atoms with Gasteiger partial charge in [-0.3, -0.25) is 10.1 Å². The molecular weight excluding hydrogens is 367 g/mol. The lowest BCUT2D eigenvalue weighted by Crippen LogP contribution is -3.00. The highest BCUT2D eigenvalue weighted by Gasteiger charge is 2.40. The van der Waals surface area contributed by atoms with Crippen molar-refractivity contribution in [2.24, 2.45) is 0 Å². The van der Waals surface area contributed by atoms with Gasteiger partial charge in [-0.1, -0.05) is 19.9 Å². The Kier molecular flexibility index (Phi) is 5.68. The van der Waals surface area contributed by atoms with Crippen LogP contribution in [0.25, 0.3) is 0 Å². The first-order valence-electron chi connectivity index (χ1n) is 6.95. The van der Waals surface area contributed by atoms with Gasteiger partial charge in [-0.25, -0.2) is 4.58 Å². The smallest absolute Gasteiger partial charge is 0.270 e. The molecule has 0 spiro atoms. The number of halogens is 1. The Bertz CT molecular complexity index is 537. The monoisotopic (exact) mass is 388 g/mol. The van der Waals surface area contributed by atoms with E-state index in [9.17, 15) is 10.1 Å². The van der Waals surface area contributed by atoms with Gasteiger partial charge in [0.2, 0.25) is 0 Å². The third kappa shape index (κ3) is 2.87. The normalized spacial score (nSPS) is 15.8. The molecule has 110 valence electrons. The first-order valence-corrected chi connectivity index (χ1v) is 6.95. The van der Waals surface area contributed by atoms with Crippen molar-refractivity contribution in [2.75, 3.05) is 6.54 Å². The average molecular weight is 388 g/mol. The second-order valence-electron chi connectivity index (χ2n) is 5.16. The average Bonchev–Trinajstić information content (AvgIpc) is 2.44. The number of hydrogen-bond acceptors (Lipinski definition) is 2. The molecule has 0 saturated carbocycles. The second-order valence-corrected chi connectivity index (χ2v) is 5.16. The molecule has 1 aliphatic heterocycles. The number of likely N-dealkylation sites (N-methyl/N-ethyl adjacent to an activating group) is 1. The minimum absolute atomic E-state index is 0. The molecule has 5 heteroatoms. The molecule has 0 N–H and O–H groups in total. The van der Waals surface area contributed by atoms with Gasteiger partial charge in [-0.05, 0) is 12.5 Å². The van der Waals surface area contributed by atoms with Crippen molar-refractivity contribution in [1.82, 2.24) is 0 Å². The van der Waals surface area contributed by atoms with Crippen molar-refractivity contribution < 1.29 is 33.5 Å². The molecule has 0 atom stereocenters. The van der Waals surface area contributed by atoms with Gasteiger partial charge in [0.1, 0.15) is 6.54 Å². The van der Waals surface area contributed by atoms with Crippen LogP contribution >= 0.6 is 0 Å². The highest BCUT2D eigenvalue weighted by Crippen LogP contribution is 2.31. The molecule has 4 nitrogen and oxygen atoms in total. The minimum atomic E-state index is -0.327. The highest BCUT2D eigenvalue weighted by molar-refractivity contribution is 5.80. The lowest BCUT2D eigenvalue weighted by Gasteiger charge is -2.32. The highest BCUT2D eigenvalue weighted by atomic mass is 127. The maximum absolute atomic E-state index is 10.9. The van der Waals surface area contributed by atoms with Gasteiger partial charge in [-0.2, -0.15) is 0 Å². The molecular formula is C15H21IN2O2. The summed E-state index contributed by atoms with van der Waals surface area (Å²) in [6, 6.07) is 5.22. The number of rotatable bonds is 4. The van der Waals surface area contributed by atoms with Gasteiger partial charge in [-0.15, -0.1) is 0 Å². The number of hydrogen-bond donors (Lipinski definition) is 0. The van der Waals surface area contributed by atoms with E-state index < -0.39 is 0 Å². The van der Waals surface area contributed by atoms with Crippen LogP contribution < -0.4 is 24.0 Å². The van der Waals surface area contributed by atoms with Crippen molar-refractivity contribution in [1.29, 1.82) is 0 Å². The third-order valence-corrected chi connectivity index (χ3v) is 4.42. The van der Waals surface area contributed by atoms with E-state index >= 15 is 0 Å². The quantitative estimate of drug-likeness (QED) is 0.320. The van der Waals surface area contributed by atoms with E-state index in [0.29, 0.717) is 0 Å². The predicted molar refractivity (Wildman–Crippen MR) is 76.1 cm³/mol. The van der Waals surface area contributed by atoms with Gasteiger partial charge in [0.05, 0.1) is 4.92 Å². The fraction of sp³-hybridized carbons (Fsp3) is 0.533. The molecule has 0 unspecified atom stereocenters. The van der Waals surface area contributed by atoms with E-state index in [1.807, 2.05) is 6.07 Å². The van der Waals surface area contributed by atoms with Crippen molar-refractivity contribution in [3.8, 4) is 0 Å². The van der Waals surface area contributed by atoms with Crippen LogP contribution in [0.15, 0.2) is 18.2 Å². The fourth-order valence-corrected chi connectivity index (χ4v) is 3.07. The Labute approximate surface area is 137 Å². The van der Waals surface area contributed by atoms with Crippen molar-refractivity contribution in [3.63, 3.8) is 0 Å². The summed E-state index contributed by atoms with van der Waals surface area (Å²) in [7, 11) is 0. The molecule has 0 fully saturated rings. The molecule has 1 aliphatic rings. The van der Waals surface area contributed by atoms with Gasteiger partial charge in [0.15, 0.2) is 11.8 Å².